The van der Waals surface area contributed by atoms with Gasteiger partial charge in [0.05, 0.1) is 30.7 Å². The van der Waals surface area contributed by atoms with Gasteiger partial charge in [0.25, 0.3) is 0 Å². The van der Waals surface area contributed by atoms with Crippen molar-refractivity contribution < 1.29 is 19.1 Å². The van der Waals surface area contributed by atoms with Crippen LogP contribution in [-0.4, -0.2) is 18.2 Å². The van der Waals surface area contributed by atoms with Crippen molar-refractivity contribution in [2.45, 2.75) is 19.4 Å². The van der Waals surface area contributed by atoms with Gasteiger partial charge in [0.2, 0.25) is 0 Å². The molecular weight excluding hydrogens is 258 g/mol. The molecule has 1 unspecified atom stereocenters. The molecule has 2 N–H and O–H groups in total. The minimum Gasteiger partial charge on any atom is -0.495 e. The molecule has 2 rings (SSSR count). The van der Waals surface area contributed by atoms with Crippen molar-refractivity contribution in [3.63, 3.8) is 0 Å². The first kappa shape index (κ1) is 14.0. The zero-order valence-corrected chi connectivity index (χ0v) is 11.4. The van der Waals surface area contributed by atoms with E-state index in [2.05, 4.69) is 5.32 Å². The lowest BCUT2D eigenvalue weighted by Gasteiger charge is -2.18. The molecule has 106 valence electrons. The molecule has 1 aromatic carbocycles. The quantitative estimate of drug-likeness (QED) is 0.843. The molecular formula is C15H17NO4. The topological polar surface area (TPSA) is 71.7 Å². The zero-order valence-electron chi connectivity index (χ0n) is 11.4. The Morgan fingerprint density at radius 1 is 1.45 bits per heavy atom. The maximum absolute atomic E-state index is 11.0. The number of carboxylic acids is 1. The Bertz CT molecular complexity index is 578. The van der Waals surface area contributed by atoms with Gasteiger partial charge in [-0.2, -0.15) is 0 Å². The highest BCUT2D eigenvalue weighted by molar-refractivity contribution is 5.89. The molecule has 0 saturated carbocycles. The Hall–Kier alpha value is -2.43. The molecule has 0 saturated heterocycles. The van der Waals surface area contributed by atoms with Gasteiger partial charge in [0.1, 0.15) is 11.5 Å². The fraction of sp³-hybridized carbons (Fsp3) is 0.267. The molecule has 1 atom stereocenters. The van der Waals surface area contributed by atoms with Gasteiger partial charge >= 0.3 is 5.97 Å². The maximum atomic E-state index is 11.0. The lowest BCUT2D eigenvalue weighted by Crippen LogP contribution is -2.10. The summed E-state index contributed by atoms with van der Waals surface area (Å²) in [6.45, 7) is 2.02. The van der Waals surface area contributed by atoms with Crippen molar-refractivity contribution in [3.05, 3.63) is 47.9 Å². The third-order valence-corrected chi connectivity index (χ3v) is 3.07. The highest BCUT2D eigenvalue weighted by atomic mass is 16.5. The van der Waals surface area contributed by atoms with Gasteiger partial charge in [-0.3, -0.25) is 0 Å². The summed E-state index contributed by atoms with van der Waals surface area (Å²) < 4.78 is 10.6. The second kappa shape index (κ2) is 6.14. The van der Waals surface area contributed by atoms with Crippen molar-refractivity contribution in [3.8, 4) is 5.75 Å². The van der Waals surface area contributed by atoms with E-state index in [4.69, 9.17) is 14.3 Å². The van der Waals surface area contributed by atoms with E-state index in [1.165, 1.54) is 6.07 Å². The van der Waals surface area contributed by atoms with E-state index in [-0.39, 0.29) is 11.6 Å². The van der Waals surface area contributed by atoms with Gasteiger partial charge in [-0.1, -0.05) is 6.92 Å². The second-order valence-electron chi connectivity index (χ2n) is 4.34. The largest absolute Gasteiger partial charge is 0.495 e. The van der Waals surface area contributed by atoms with Crippen LogP contribution < -0.4 is 10.1 Å². The van der Waals surface area contributed by atoms with E-state index in [9.17, 15) is 4.79 Å². The predicted molar refractivity (Wildman–Crippen MR) is 75.3 cm³/mol. The van der Waals surface area contributed by atoms with Crippen LogP contribution in [0.2, 0.25) is 0 Å². The number of nitrogens with one attached hydrogen (secondary N) is 1. The number of furan rings is 1. The first-order chi connectivity index (χ1) is 9.65. The van der Waals surface area contributed by atoms with Crippen LogP contribution >= 0.6 is 0 Å². The lowest BCUT2D eigenvalue weighted by molar-refractivity contribution is 0.0697. The number of hydrogen-bond donors (Lipinski definition) is 2. The van der Waals surface area contributed by atoms with Gasteiger partial charge in [-0.05, 0) is 36.8 Å². The highest BCUT2D eigenvalue weighted by Crippen LogP contribution is 2.30. The molecule has 0 fully saturated rings. The van der Waals surface area contributed by atoms with E-state index in [1.54, 1.807) is 25.5 Å². The first-order valence-electron chi connectivity index (χ1n) is 6.37. The maximum Gasteiger partial charge on any atom is 0.335 e. The molecule has 0 bridgehead atoms. The van der Waals surface area contributed by atoms with Gasteiger partial charge < -0.3 is 19.6 Å². The summed E-state index contributed by atoms with van der Waals surface area (Å²) in [5, 5.41) is 12.3. The molecule has 1 heterocycles. The number of methoxy groups -OCH3 is 1. The van der Waals surface area contributed by atoms with E-state index < -0.39 is 5.97 Å². The molecule has 0 radical (unpaired) electrons. The summed E-state index contributed by atoms with van der Waals surface area (Å²) in [6, 6.07) is 8.38. The first-order valence-corrected chi connectivity index (χ1v) is 6.37. The molecule has 0 spiro atoms. The van der Waals surface area contributed by atoms with E-state index in [0.29, 0.717) is 11.4 Å². The minimum atomic E-state index is -0.971. The number of anilines is 1. The number of hydrogen-bond acceptors (Lipinski definition) is 4. The SMILES string of the molecule is CCC(Nc1cc(C(=O)O)ccc1OC)c1ccco1. The molecule has 0 aliphatic heterocycles. The van der Waals surface area contributed by atoms with Crippen LogP contribution in [0.3, 0.4) is 0 Å². The van der Waals surface area contributed by atoms with E-state index >= 15 is 0 Å². The Morgan fingerprint density at radius 2 is 2.25 bits per heavy atom. The number of benzene rings is 1. The number of carboxylic acid groups (broad SMARTS) is 1. The Balaban J connectivity index is 2.30. The average molecular weight is 275 g/mol. The normalized spacial score (nSPS) is 11.9. The minimum absolute atomic E-state index is 0.0389. The summed E-state index contributed by atoms with van der Waals surface area (Å²) in [6.07, 6.45) is 2.42. The number of aromatic carboxylic acids is 1. The number of carbonyl (C=O) groups is 1. The van der Waals surface area contributed by atoms with Gasteiger partial charge in [0, 0.05) is 0 Å². The molecule has 0 amide bonds. The van der Waals surface area contributed by atoms with Crippen LogP contribution in [0.5, 0.6) is 5.75 Å². The Kier molecular flexibility index (Phi) is 4.30. The summed E-state index contributed by atoms with van der Waals surface area (Å²) in [5.41, 5.74) is 0.846. The molecule has 5 nitrogen and oxygen atoms in total. The standard InChI is InChI=1S/C15H17NO4/c1-3-11(14-5-4-8-20-14)16-12-9-10(15(17)18)6-7-13(12)19-2/h4-9,11,16H,3H2,1-2H3,(H,17,18). The van der Waals surface area contributed by atoms with Gasteiger partial charge in [-0.15, -0.1) is 0 Å². The Morgan fingerprint density at radius 3 is 2.80 bits per heavy atom. The molecule has 2 aromatic rings. The fourth-order valence-electron chi connectivity index (χ4n) is 2.01. The fourth-order valence-corrected chi connectivity index (χ4v) is 2.01. The smallest absolute Gasteiger partial charge is 0.335 e. The van der Waals surface area contributed by atoms with Crippen LogP contribution in [0.15, 0.2) is 41.0 Å². The van der Waals surface area contributed by atoms with Gasteiger partial charge in [0.15, 0.2) is 0 Å². The third-order valence-electron chi connectivity index (χ3n) is 3.07. The molecule has 0 aliphatic carbocycles. The van der Waals surface area contributed by atoms with Crippen LogP contribution in [0.25, 0.3) is 0 Å². The van der Waals surface area contributed by atoms with Crippen molar-refractivity contribution in [2.75, 3.05) is 12.4 Å². The van der Waals surface area contributed by atoms with Crippen molar-refractivity contribution >= 4 is 11.7 Å². The van der Waals surface area contributed by atoms with Crippen molar-refractivity contribution in [1.82, 2.24) is 0 Å². The summed E-state index contributed by atoms with van der Waals surface area (Å²) in [5.74, 6) is 0.428. The van der Waals surface area contributed by atoms with E-state index in [1.807, 2.05) is 19.1 Å². The summed E-state index contributed by atoms with van der Waals surface area (Å²) in [7, 11) is 1.55. The molecule has 5 heteroatoms. The van der Waals surface area contributed by atoms with Gasteiger partial charge in [-0.25, -0.2) is 4.79 Å². The molecule has 20 heavy (non-hydrogen) atoms. The van der Waals surface area contributed by atoms with Crippen LogP contribution in [0.4, 0.5) is 5.69 Å². The van der Waals surface area contributed by atoms with Crippen molar-refractivity contribution in [1.29, 1.82) is 0 Å². The number of rotatable bonds is 6. The number of ether oxygens (including phenoxy) is 1. The lowest BCUT2D eigenvalue weighted by atomic mass is 10.1. The summed E-state index contributed by atoms with van der Waals surface area (Å²) in [4.78, 5) is 11.0. The zero-order chi connectivity index (χ0) is 14.5. The van der Waals surface area contributed by atoms with Crippen LogP contribution in [0, 0.1) is 0 Å². The monoisotopic (exact) mass is 275 g/mol. The Labute approximate surface area is 117 Å². The molecule has 0 aliphatic rings. The van der Waals surface area contributed by atoms with Crippen LogP contribution in [-0.2, 0) is 0 Å². The average Bonchev–Trinajstić information content (AvgIpc) is 2.98. The predicted octanol–water partition coefficient (Wildman–Crippen LogP) is 3.55. The van der Waals surface area contributed by atoms with Crippen molar-refractivity contribution in [2.24, 2.45) is 0 Å². The second-order valence-corrected chi connectivity index (χ2v) is 4.34. The summed E-state index contributed by atoms with van der Waals surface area (Å²) >= 11 is 0. The molecule has 1 aromatic heterocycles. The highest BCUT2D eigenvalue weighted by Gasteiger charge is 2.15. The van der Waals surface area contributed by atoms with E-state index in [0.717, 1.165) is 12.2 Å². The third kappa shape index (κ3) is 2.93. The van der Waals surface area contributed by atoms with Crippen LogP contribution in [0.1, 0.15) is 35.5 Å².